The average Bonchev–Trinajstić information content (AvgIpc) is 3.48. The number of rotatable bonds is 7. The molecule has 0 aliphatic carbocycles. The maximum Gasteiger partial charge on any atom is 0.434 e. The fourth-order valence-electron chi connectivity index (χ4n) is 3.74. The van der Waals surface area contributed by atoms with Crippen LogP contribution >= 0.6 is 34.5 Å². The molecule has 0 aliphatic heterocycles. The van der Waals surface area contributed by atoms with Gasteiger partial charge in [-0.2, -0.15) is 13.2 Å². The van der Waals surface area contributed by atoms with Crippen LogP contribution in [0, 0.1) is 0 Å². The lowest BCUT2D eigenvalue weighted by Gasteiger charge is -2.18. The van der Waals surface area contributed by atoms with E-state index in [4.69, 9.17) is 27.9 Å². The van der Waals surface area contributed by atoms with Gasteiger partial charge in [0, 0.05) is 27.4 Å². The highest BCUT2D eigenvalue weighted by atomic mass is 35.5. The van der Waals surface area contributed by atoms with Crippen LogP contribution in [-0.4, -0.2) is 36.8 Å². The lowest BCUT2D eigenvalue weighted by molar-refractivity contribution is -0.145. The van der Waals surface area contributed by atoms with E-state index >= 15 is 0 Å². The van der Waals surface area contributed by atoms with Crippen molar-refractivity contribution in [3.05, 3.63) is 87.9 Å². The van der Waals surface area contributed by atoms with Gasteiger partial charge in [-0.05, 0) is 54.4 Å². The second-order valence-corrected chi connectivity index (χ2v) is 12.1. The number of hydrogen-bond donors (Lipinski definition) is 0. The molecule has 13 heteroatoms. The van der Waals surface area contributed by atoms with Gasteiger partial charge in [0.25, 0.3) is 0 Å². The quantitative estimate of drug-likeness (QED) is 0.212. The van der Waals surface area contributed by atoms with Crippen LogP contribution in [0.2, 0.25) is 10.0 Å². The molecule has 0 fully saturated rings. The van der Waals surface area contributed by atoms with Crippen LogP contribution in [0.1, 0.15) is 29.9 Å². The standard InChI is InChI=1S/C25H19Cl2F3N2O4S2/c1-3-36-24(33)22(17-8-7-15(26)12-18(17)27)23-31-20(25(28,29)30)13-32(23)21-10-9-19(37-21)14-5-4-6-16(11-14)38(2,34)35/h4-13,22H,3H2,1-2H3. The molecule has 0 bridgehead atoms. The highest BCUT2D eigenvalue weighted by Crippen LogP contribution is 2.39. The molecule has 4 aromatic rings. The number of sulfone groups is 1. The first kappa shape index (κ1) is 28.2. The topological polar surface area (TPSA) is 78.3 Å². The number of carbonyl (C=O) groups excluding carboxylic acids is 1. The molecule has 0 radical (unpaired) electrons. The largest absolute Gasteiger partial charge is 0.465 e. The number of halogens is 5. The van der Waals surface area contributed by atoms with Crippen molar-refractivity contribution >= 4 is 50.3 Å². The molecule has 1 atom stereocenters. The zero-order chi connectivity index (χ0) is 27.8. The third kappa shape index (κ3) is 5.90. The summed E-state index contributed by atoms with van der Waals surface area (Å²) >= 11 is 13.4. The summed E-state index contributed by atoms with van der Waals surface area (Å²) in [4.78, 5) is 17.6. The van der Waals surface area contributed by atoms with Crippen LogP contribution in [-0.2, 0) is 25.5 Å². The van der Waals surface area contributed by atoms with Crippen molar-refractivity contribution in [1.82, 2.24) is 9.55 Å². The van der Waals surface area contributed by atoms with Crippen molar-refractivity contribution in [3.8, 4) is 15.4 Å². The smallest absolute Gasteiger partial charge is 0.434 e. The molecule has 0 spiro atoms. The fraction of sp³-hybridized carbons (Fsp3) is 0.200. The zero-order valence-corrected chi connectivity index (χ0v) is 22.9. The SMILES string of the molecule is CCOC(=O)C(c1ccc(Cl)cc1Cl)c1nc(C(F)(F)F)cn1-c1ccc(-c2cccc(S(C)(=O)=O)c2)s1. The monoisotopic (exact) mass is 602 g/mol. The maximum absolute atomic E-state index is 13.8. The van der Waals surface area contributed by atoms with Crippen LogP contribution < -0.4 is 0 Å². The molecule has 38 heavy (non-hydrogen) atoms. The molecule has 2 aromatic carbocycles. The number of thiophene rings is 1. The van der Waals surface area contributed by atoms with Crippen LogP contribution in [0.4, 0.5) is 13.2 Å². The van der Waals surface area contributed by atoms with Crippen molar-refractivity contribution in [1.29, 1.82) is 0 Å². The van der Waals surface area contributed by atoms with Gasteiger partial charge in [-0.25, -0.2) is 13.4 Å². The van der Waals surface area contributed by atoms with Crippen molar-refractivity contribution in [3.63, 3.8) is 0 Å². The Hall–Kier alpha value is -2.86. The number of nitrogens with zero attached hydrogens (tertiary/aromatic N) is 2. The van der Waals surface area contributed by atoms with E-state index in [0.717, 1.165) is 23.8 Å². The van der Waals surface area contributed by atoms with Crippen LogP contribution in [0.15, 0.2) is 65.7 Å². The minimum absolute atomic E-state index is 0.0206. The molecule has 0 N–H and O–H groups in total. The van der Waals surface area contributed by atoms with E-state index in [2.05, 4.69) is 4.98 Å². The number of esters is 1. The molecular weight excluding hydrogens is 584 g/mol. The molecule has 0 amide bonds. The van der Waals surface area contributed by atoms with Gasteiger partial charge in [-0.3, -0.25) is 9.36 Å². The Bertz CT molecular complexity index is 1610. The Labute approximate surface area is 230 Å². The summed E-state index contributed by atoms with van der Waals surface area (Å²) in [6.45, 7) is 1.55. The van der Waals surface area contributed by atoms with E-state index in [0.29, 0.717) is 15.4 Å². The number of alkyl halides is 3. The number of aromatic nitrogens is 2. The molecule has 1 unspecified atom stereocenters. The van der Waals surface area contributed by atoms with Crippen molar-refractivity contribution in [2.45, 2.75) is 23.9 Å². The van der Waals surface area contributed by atoms with Crippen LogP contribution in [0.25, 0.3) is 15.4 Å². The number of benzene rings is 2. The predicted octanol–water partition coefficient (Wildman–Crippen LogP) is 7.02. The number of imidazole rings is 1. The highest BCUT2D eigenvalue weighted by molar-refractivity contribution is 7.90. The molecule has 6 nitrogen and oxygen atoms in total. The van der Waals surface area contributed by atoms with Crippen molar-refractivity contribution in [2.75, 3.05) is 12.9 Å². The molecule has 2 aromatic heterocycles. The van der Waals surface area contributed by atoms with Crippen molar-refractivity contribution < 1.29 is 31.1 Å². The van der Waals surface area contributed by atoms with Crippen LogP contribution in [0.5, 0.6) is 0 Å². The lowest BCUT2D eigenvalue weighted by atomic mass is 9.98. The molecule has 0 saturated carbocycles. The van der Waals surface area contributed by atoms with Gasteiger partial charge in [-0.15, -0.1) is 11.3 Å². The normalized spacial score (nSPS) is 12.9. The Kier molecular flexibility index (Phi) is 7.94. The van der Waals surface area contributed by atoms with E-state index < -0.39 is 33.6 Å². The second kappa shape index (κ2) is 10.7. The molecule has 200 valence electrons. The number of ether oxygens (including phenoxy) is 1. The molecule has 0 saturated heterocycles. The first-order valence-electron chi connectivity index (χ1n) is 11.0. The summed E-state index contributed by atoms with van der Waals surface area (Å²) < 4.78 is 71.7. The molecular formula is C25H19Cl2F3N2O4S2. The van der Waals surface area contributed by atoms with Crippen molar-refractivity contribution in [2.24, 2.45) is 0 Å². The highest BCUT2D eigenvalue weighted by Gasteiger charge is 2.39. The van der Waals surface area contributed by atoms with Gasteiger partial charge in [0.15, 0.2) is 15.5 Å². The number of hydrogen-bond acceptors (Lipinski definition) is 6. The van der Waals surface area contributed by atoms with Gasteiger partial charge in [-0.1, -0.05) is 41.4 Å². The summed E-state index contributed by atoms with van der Waals surface area (Å²) in [5.41, 5.74) is -0.474. The Morgan fingerprint density at radius 1 is 1.13 bits per heavy atom. The summed E-state index contributed by atoms with van der Waals surface area (Å²) in [7, 11) is -3.47. The zero-order valence-electron chi connectivity index (χ0n) is 19.8. The Balaban J connectivity index is 1.90. The lowest BCUT2D eigenvalue weighted by Crippen LogP contribution is -2.21. The van der Waals surface area contributed by atoms with Gasteiger partial charge in [0.1, 0.15) is 16.7 Å². The first-order valence-corrected chi connectivity index (χ1v) is 14.4. The first-order chi connectivity index (χ1) is 17.8. The summed E-state index contributed by atoms with van der Waals surface area (Å²) in [5, 5.41) is 0.644. The van der Waals surface area contributed by atoms with Gasteiger partial charge in [0.05, 0.1) is 11.5 Å². The van der Waals surface area contributed by atoms with Crippen LogP contribution in [0.3, 0.4) is 0 Å². The van der Waals surface area contributed by atoms with Gasteiger partial charge >= 0.3 is 12.1 Å². The minimum atomic E-state index is -4.80. The average molecular weight is 603 g/mol. The third-order valence-electron chi connectivity index (χ3n) is 5.45. The minimum Gasteiger partial charge on any atom is -0.465 e. The predicted molar refractivity (Wildman–Crippen MR) is 140 cm³/mol. The van der Waals surface area contributed by atoms with E-state index in [9.17, 15) is 26.4 Å². The van der Waals surface area contributed by atoms with E-state index in [1.807, 2.05) is 0 Å². The summed E-state index contributed by atoms with van der Waals surface area (Å²) in [5.74, 6) is -2.48. The molecule has 0 aliphatic rings. The third-order valence-corrected chi connectivity index (χ3v) is 8.26. The summed E-state index contributed by atoms with van der Waals surface area (Å²) in [6, 6.07) is 13.7. The molecule has 2 heterocycles. The maximum atomic E-state index is 13.8. The molecule has 4 rings (SSSR count). The summed E-state index contributed by atoms with van der Waals surface area (Å²) in [6.07, 6.45) is -2.92. The Morgan fingerprint density at radius 2 is 1.87 bits per heavy atom. The fourth-order valence-corrected chi connectivity index (χ4v) is 5.91. The number of carbonyl (C=O) groups is 1. The van der Waals surface area contributed by atoms with E-state index in [1.54, 1.807) is 31.2 Å². The van der Waals surface area contributed by atoms with Gasteiger partial charge < -0.3 is 4.74 Å². The second-order valence-electron chi connectivity index (χ2n) is 8.14. The van der Waals surface area contributed by atoms with E-state index in [-0.39, 0.29) is 32.9 Å². The van der Waals surface area contributed by atoms with E-state index in [1.165, 1.54) is 34.9 Å². The van der Waals surface area contributed by atoms with Gasteiger partial charge in [0.2, 0.25) is 0 Å². The Morgan fingerprint density at radius 3 is 2.50 bits per heavy atom.